The van der Waals surface area contributed by atoms with Gasteiger partial charge >= 0.3 is 5.97 Å². The van der Waals surface area contributed by atoms with Gasteiger partial charge in [-0.3, -0.25) is 10.1 Å². The van der Waals surface area contributed by atoms with Gasteiger partial charge in [-0.25, -0.2) is 4.98 Å². The van der Waals surface area contributed by atoms with Crippen LogP contribution in [0.3, 0.4) is 0 Å². The van der Waals surface area contributed by atoms with Crippen molar-refractivity contribution in [3.05, 3.63) is 53.6 Å². The smallest absolute Gasteiger partial charge is 0.323 e. The fourth-order valence-corrected chi connectivity index (χ4v) is 1.96. The molecule has 2 N–H and O–H groups in total. The van der Waals surface area contributed by atoms with Gasteiger partial charge in [0.05, 0.1) is 13.4 Å². The quantitative estimate of drug-likeness (QED) is 0.619. The number of esters is 1. The lowest BCUT2D eigenvalue weighted by Gasteiger charge is -2.15. The minimum Gasteiger partial charge on any atom is -0.468 e. The normalized spacial score (nSPS) is 11.6. The van der Waals surface area contributed by atoms with E-state index in [2.05, 4.69) is 21.2 Å². The molecule has 0 radical (unpaired) electrons. The van der Waals surface area contributed by atoms with Crippen molar-refractivity contribution in [2.24, 2.45) is 0 Å². The Labute approximate surface area is 123 Å². The summed E-state index contributed by atoms with van der Waals surface area (Å²) in [6, 6.07) is 7.19. The van der Waals surface area contributed by atoms with E-state index in [0.717, 1.165) is 16.8 Å². The Hall–Kier alpha value is -2.58. The molecule has 0 fully saturated rings. The van der Waals surface area contributed by atoms with Crippen LogP contribution in [0.1, 0.15) is 16.8 Å². The van der Waals surface area contributed by atoms with Crippen LogP contribution in [0.5, 0.6) is 0 Å². The van der Waals surface area contributed by atoms with Crippen molar-refractivity contribution in [2.75, 3.05) is 7.11 Å². The van der Waals surface area contributed by atoms with Crippen LogP contribution < -0.4 is 5.32 Å². The van der Waals surface area contributed by atoms with Gasteiger partial charge < -0.3 is 9.72 Å². The summed E-state index contributed by atoms with van der Waals surface area (Å²) in [5.41, 5.74) is 2.76. The summed E-state index contributed by atoms with van der Waals surface area (Å²) >= 11 is 0. The minimum absolute atomic E-state index is 0.301. The summed E-state index contributed by atoms with van der Waals surface area (Å²) < 4.78 is 4.82. The summed E-state index contributed by atoms with van der Waals surface area (Å²) in [6.07, 6.45) is 9.09. The van der Waals surface area contributed by atoms with Crippen molar-refractivity contribution < 1.29 is 9.53 Å². The Morgan fingerprint density at radius 1 is 1.48 bits per heavy atom. The van der Waals surface area contributed by atoms with Crippen molar-refractivity contribution in [2.45, 2.75) is 19.0 Å². The number of hydrogen-bond donors (Lipinski definition) is 2. The van der Waals surface area contributed by atoms with Crippen molar-refractivity contribution in [1.82, 2.24) is 15.3 Å². The van der Waals surface area contributed by atoms with E-state index in [0.29, 0.717) is 13.0 Å². The molecule has 1 aromatic carbocycles. The Kier molecular flexibility index (Phi) is 5.13. The number of methoxy groups -OCH3 is 1. The van der Waals surface area contributed by atoms with Gasteiger partial charge in [-0.1, -0.05) is 18.1 Å². The molecule has 1 heterocycles. The number of carbonyl (C=O) groups excluding carboxylic acids is 1. The molecule has 2 rings (SSSR count). The number of aromatic nitrogens is 2. The van der Waals surface area contributed by atoms with E-state index >= 15 is 0 Å². The molecule has 0 spiro atoms. The van der Waals surface area contributed by atoms with E-state index in [1.807, 2.05) is 24.3 Å². The van der Waals surface area contributed by atoms with Crippen LogP contribution in [0.2, 0.25) is 0 Å². The second-order valence-electron chi connectivity index (χ2n) is 4.58. The highest BCUT2D eigenvalue weighted by Crippen LogP contribution is 2.05. The van der Waals surface area contributed by atoms with Gasteiger partial charge in [-0.2, -0.15) is 0 Å². The van der Waals surface area contributed by atoms with Gasteiger partial charge in [-0.05, 0) is 17.7 Å². The summed E-state index contributed by atoms with van der Waals surface area (Å²) in [7, 11) is 1.38. The zero-order valence-corrected chi connectivity index (χ0v) is 11.8. The molecule has 1 atom stereocenters. The Morgan fingerprint density at radius 3 is 2.81 bits per heavy atom. The molecule has 0 aliphatic carbocycles. The van der Waals surface area contributed by atoms with E-state index in [4.69, 9.17) is 11.2 Å². The molecule has 5 nitrogen and oxygen atoms in total. The van der Waals surface area contributed by atoms with E-state index in [1.165, 1.54) is 7.11 Å². The number of aromatic amines is 1. The first-order valence-corrected chi connectivity index (χ1v) is 6.57. The molecule has 21 heavy (non-hydrogen) atoms. The average Bonchev–Trinajstić information content (AvgIpc) is 3.04. The van der Waals surface area contributed by atoms with Crippen LogP contribution in [-0.4, -0.2) is 29.1 Å². The maximum atomic E-state index is 11.8. The summed E-state index contributed by atoms with van der Waals surface area (Å²) in [6.45, 7) is 0.554. The third kappa shape index (κ3) is 4.20. The second kappa shape index (κ2) is 7.27. The molecular formula is C16H17N3O2. The maximum absolute atomic E-state index is 11.8. The monoisotopic (exact) mass is 283 g/mol. The van der Waals surface area contributed by atoms with Gasteiger partial charge in [0.25, 0.3) is 0 Å². The highest BCUT2D eigenvalue weighted by molar-refractivity contribution is 5.75. The molecule has 5 heteroatoms. The van der Waals surface area contributed by atoms with Crippen molar-refractivity contribution in [1.29, 1.82) is 0 Å². The SMILES string of the molecule is C#Cc1ccc(CN[C@H](Cc2cnc[nH]2)C(=O)OC)cc1. The molecule has 108 valence electrons. The van der Waals surface area contributed by atoms with E-state index in [1.54, 1.807) is 12.5 Å². The van der Waals surface area contributed by atoms with E-state index in [9.17, 15) is 4.79 Å². The number of hydrogen-bond acceptors (Lipinski definition) is 4. The Bertz CT molecular complexity index is 612. The number of benzene rings is 1. The second-order valence-corrected chi connectivity index (χ2v) is 4.58. The first kappa shape index (κ1) is 14.8. The number of terminal acetylenes is 1. The molecule has 0 aliphatic rings. The number of imidazole rings is 1. The lowest BCUT2D eigenvalue weighted by Crippen LogP contribution is -2.39. The van der Waals surface area contributed by atoms with E-state index in [-0.39, 0.29) is 5.97 Å². The fourth-order valence-electron chi connectivity index (χ4n) is 1.96. The Morgan fingerprint density at radius 2 is 2.24 bits per heavy atom. The highest BCUT2D eigenvalue weighted by atomic mass is 16.5. The first-order chi connectivity index (χ1) is 10.2. The third-order valence-corrected chi connectivity index (χ3v) is 3.14. The summed E-state index contributed by atoms with van der Waals surface area (Å²) in [5.74, 6) is 2.27. The van der Waals surface area contributed by atoms with Crippen LogP contribution in [0.4, 0.5) is 0 Å². The van der Waals surface area contributed by atoms with Crippen molar-refractivity contribution in [3.8, 4) is 12.3 Å². The highest BCUT2D eigenvalue weighted by Gasteiger charge is 2.19. The number of ether oxygens (including phenoxy) is 1. The van der Waals surface area contributed by atoms with Gasteiger partial charge in [0.2, 0.25) is 0 Å². The van der Waals surface area contributed by atoms with Gasteiger partial charge in [-0.15, -0.1) is 6.42 Å². The molecule has 0 aliphatic heterocycles. The fraction of sp³-hybridized carbons (Fsp3) is 0.250. The molecule has 0 amide bonds. The largest absolute Gasteiger partial charge is 0.468 e. The van der Waals surface area contributed by atoms with Gasteiger partial charge in [0.1, 0.15) is 6.04 Å². The average molecular weight is 283 g/mol. The molecule has 1 aromatic heterocycles. The number of nitrogens with zero attached hydrogens (tertiary/aromatic N) is 1. The van der Waals surface area contributed by atoms with Gasteiger partial charge in [0.15, 0.2) is 0 Å². The van der Waals surface area contributed by atoms with Crippen LogP contribution in [-0.2, 0) is 22.5 Å². The zero-order valence-electron chi connectivity index (χ0n) is 11.8. The van der Waals surface area contributed by atoms with Crippen LogP contribution in [0, 0.1) is 12.3 Å². The van der Waals surface area contributed by atoms with Crippen LogP contribution in [0.25, 0.3) is 0 Å². The van der Waals surface area contributed by atoms with Crippen molar-refractivity contribution in [3.63, 3.8) is 0 Å². The van der Waals surface area contributed by atoms with Crippen LogP contribution in [0.15, 0.2) is 36.8 Å². The van der Waals surface area contributed by atoms with E-state index < -0.39 is 6.04 Å². The molecule has 0 bridgehead atoms. The van der Waals surface area contributed by atoms with Crippen molar-refractivity contribution >= 4 is 5.97 Å². The third-order valence-electron chi connectivity index (χ3n) is 3.14. The zero-order chi connectivity index (χ0) is 15.1. The molecular weight excluding hydrogens is 266 g/mol. The molecule has 2 aromatic rings. The number of rotatable bonds is 6. The Balaban J connectivity index is 1.98. The van der Waals surface area contributed by atoms with Gasteiger partial charge in [0, 0.05) is 30.4 Å². The predicted molar refractivity (Wildman–Crippen MR) is 79.3 cm³/mol. The first-order valence-electron chi connectivity index (χ1n) is 6.57. The lowest BCUT2D eigenvalue weighted by molar-refractivity contribution is -0.143. The van der Waals surface area contributed by atoms with Crippen LogP contribution >= 0.6 is 0 Å². The predicted octanol–water partition coefficient (Wildman–Crippen LogP) is 1.26. The number of H-pyrrole nitrogens is 1. The lowest BCUT2D eigenvalue weighted by atomic mass is 10.1. The summed E-state index contributed by atoms with van der Waals surface area (Å²) in [5, 5.41) is 3.19. The molecule has 0 saturated carbocycles. The maximum Gasteiger partial charge on any atom is 0.323 e. The molecule has 0 unspecified atom stereocenters. The summed E-state index contributed by atoms with van der Waals surface area (Å²) in [4.78, 5) is 18.7. The topological polar surface area (TPSA) is 67.0 Å². The number of nitrogens with one attached hydrogen (secondary N) is 2. The molecule has 0 saturated heterocycles. The standard InChI is InChI=1S/C16H17N3O2/c1-3-12-4-6-13(7-5-12)9-18-15(16(20)21-2)8-14-10-17-11-19-14/h1,4-7,10-11,15,18H,8-9H2,2H3,(H,17,19)/t15-/m1/s1. The minimum atomic E-state index is -0.428. The number of carbonyl (C=O) groups is 1.